The molecule has 0 bridgehead atoms. The minimum atomic E-state index is -0.174. The van der Waals surface area contributed by atoms with Gasteiger partial charge in [-0.2, -0.15) is 0 Å². The fourth-order valence-corrected chi connectivity index (χ4v) is 2.10. The Hall–Kier alpha value is -0.910. The van der Waals surface area contributed by atoms with Gasteiger partial charge in [-0.3, -0.25) is 4.90 Å². The summed E-state index contributed by atoms with van der Waals surface area (Å²) >= 11 is 0. The van der Waals surface area contributed by atoms with Crippen LogP contribution in [0.5, 0.6) is 0 Å². The lowest BCUT2D eigenvalue weighted by Crippen LogP contribution is -2.46. The number of nitrogens with zero attached hydrogens (tertiary/aromatic N) is 3. The van der Waals surface area contributed by atoms with Crippen LogP contribution in [0, 0.1) is 0 Å². The van der Waals surface area contributed by atoms with Crippen molar-refractivity contribution in [1.82, 2.24) is 19.8 Å². The van der Waals surface area contributed by atoms with E-state index >= 15 is 0 Å². The van der Waals surface area contributed by atoms with Gasteiger partial charge in [-0.05, 0) is 20.4 Å². The Labute approximate surface area is 102 Å². The molecule has 1 aromatic heterocycles. The molecule has 5 nitrogen and oxygen atoms in total. The first kappa shape index (κ1) is 12.5. The number of likely N-dealkylation sites (N-methyl/N-ethyl adjacent to an activating group) is 1. The van der Waals surface area contributed by atoms with Crippen LogP contribution in [0.2, 0.25) is 0 Å². The van der Waals surface area contributed by atoms with Crippen LogP contribution in [0.4, 0.5) is 0 Å². The third-order valence-electron chi connectivity index (χ3n) is 3.76. The van der Waals surface area contributed by atoms with Gasteiger partial charge in [0.15, 0.2) is 0 Å². The van der Waals surface area contributed by atoms with Crippen molar-refractivity contribution < 1.29 is 5.11 Å². The van der Waals surface area contributed by atoms with Gasteiger partial charge in [0.2, 0.25) is 0 Å². The van der Waals surface area contributed by atoms with Gasteiger partial charge in [0.1, 0.15) is 5.82 Å². The fraction of sp³-hybridized carbons (Fsp3) is 0.750. The third-order valence-corrected chi connectivity index (χ3v) is 3.76. The van der Waals surface area contributed by atoms with E-state index < -0.39 is 0 Å². The Morgan fingerprint density at radius 3 is 3.06 bits per heavy atom. The van der Waals surface area contributed by atoms with Gasteiger partial charge >= 0.3 is 0 Å². The molecule has 96 valence electrons. The zero-order valence-electron chi connectivity index (χ0n) is 10.7. The van der Waals surface area contributed by atoms with Crippen LogP contribution in [-0.4, -0.2) is 51.8 Å². The largest absolute Gasteiger partial charge is 0.394 e. The number of aromatic nitrogens is 2. The Morgan fingerprint density at radius 2 is 2.35 bits per heavy atom. The van der Waals surface area contributed by atoms with E-state index in [9.17, 15) is 5.11 Å². The zero-order valence-corrected chi connectivity index (χ0v) is 10.7. The lowest BCUT2D eigenvalue weighted by atomic mass is 9.99. The molecule has 0 spiro atoms. The normalized spacial score (nSPS) is 19.9. The molecule has 0 amide bonds. The topological polar surface area (TPSA) is 53.3 Å². The van der Waals surface area contributed by atoms with E-state index in [1.54, 1.807) is 0 Å². The number of hydrogen-bond donors (Lipinski definition) is 2. The Balaban J connectivity index is 1.86. The van der Waals surface area contributed by atoms with Gasteiger partial charge in [0.05, 0.1) is 13.2 Å². The second-order valence-corrected chi connectivity index (χ2v) is 5.03. The molecule has 0 fully saturated rings. The van der Waals surface area contributed by atoms with Crippen LogP contribution >= 0.6 is 0 Å². The Bertz CT molecular complexity index is 359. The van der Waals surface area contributed by atoms with Crippen molar-refractivity contribution in [3.05, 3.63) is 18.2 Å². The molecule has 1 aliphatic heterocycles. The molecule has 2 heterocycles. The van der Waals surface area contributed by atoms with E-state index in [1.165, 1.54) is 0 Å². The first-order valence-corrected chi connectivity index (χ1v) is 6.19. The summed E-state index contributed by atoms with van der Waals surface area (Å²) in [5, 5.41) is 12.5. The van der Waals surface area contributed by atoms with Crippen molar-refractivity contribution in [3.63, 3.8) is 0 Å². The molecule has 1 aromatic rings. The maximum Gasteiger partial charge on any atom is 0.122 e. The molecule has 1 unspecified atom stereocenters. The van der Waals surface area contributed by atoms with Gasteiger partial charge in [0, 0.05) is 37.6 Å². The minimum Gasteiger partial charge on any atom is -0.394 e. The average molecular weight is 238 g/mol. The van der Waals surface area contributed by atoms with E-state index in [2.05, 4.69) is 26.7 Å². The molecule has 5 heteroatoms. The van der Waals surface area contributed by atoms with Crippen LogP contribution in [0.3, 0.4) is 0 Å². The second-order valence-electron chi connectivity index (χ2n) is 5.03. The van der Waals surface area contributed by atoms with Gasteiger partial charge in [0.25, 0.3) is 0 Å². The predicted molar refractivity (Wildman–Crippen MR) is 66.7 cm³/mol. The lowest BCUT2D eigenvalue weighted by molar-refractivity contribution is 0.140. The molecular formula is C12H22N4O. The number of hydrogen-bond acceptors (Lipinski definition) is 4. The van der Waals surface area contributed by atoms with E-state index in [1.807, 2.05) is 19.4 Å². The fourth-order valence-electron chi connectivity index (χ4n) is 2.10. The summed E-state index contributed by atoms with van der Waals surface area (Å²) in [7, 11) is 1.90. The molecule has 2 N–H and O–H groups in total. The highest BCUT2D eigenvalue weighted by Crippen LogP contribution is 2.14. The number of fused-ring (bicyclic) bond motifs is 1. The smallest absolute Gasteiger partial charge is 0.122 e. The minimum absolute atomic E-state index is 0.173. The average Bonchev–Trinajstić information content (AvgIpc) is 2.83. The summed E-state index contributed by atoms with van der Waals surface area (Å²) in [4.78, 5) is 6.74. The highest BCUT2D eigenvalue weighted by Gasteiger charge is 2.23. The first-order valence-electron chi connectivity index (χ1n) is 6.19. The number of nitrogens with one attached hydrogen (secondary N) is 1. The summed E-state index contributed by atoms with van der Waals surface area (Å²) in [5.41, 5.74) is -0.174. The SMILES string of the molecule is CNC(C)(CO)CCN1CCn2ccnc2C1. The van der Waals surface area contributed by atoms with Crippen molar-refractivity contribution in [3.8, 4) is 0 Å². The van der Waals surface area contributed by atoms with E-state index in [4.69, 9.17) is 0 Å². The second kappa shape index (κ2) is 5.16. The number of rotatable bonds is 5. The highest BCUT2D eigenvalue weighted by molar-refractivity contribution is 4.96. The maximum atomic E-state index is 9.34. The van der Waals surface area contributed by atoms with E-state index in [0.717, 1.165) is 38.4 Å². The molecule has 17 heavy (non-hydrogen) atoms. The predicted octanol–water partition coefficient (Wildman–Crippen LogP) is 0.0592. The quantitative estimate of drug-likeness (QED) is 0.761. The van der Waals surface area contributed by atoms with Crippen molar-refractivity contribution in [2.45, 2.75) is 32.0 Å². The Kier molecular flexibility index (Phi) is 3.81. The van der Waals surface area contributed by atoms with Crippen LogP contribution < -0.4 is 5.32 Å². The molecule has 0 radical (unpaired) electrons. The summed E-state index contributed by atoms with van der Waals surface area (Å²) in [6.45, 7) is 6.21. The monoisotopic (exact) mass is 238 g/mol. The summed E-state index contributed by atoms with van der Waals surface area (Å²) in [6.07, 6.45) is 4.85. The molecule has 0 saturated heterocycles. The number of imidazole rings is 1. The van der Waals surface area contributed by atoms with Gasteiger partial charge in [-0.1, -0.05) is 0 Å². The van der Waals surface area contributed by atoms with Gasteiger partial charge in [-0.15, -0.1) is 0 Å². The van der Waals surface area contributed by atoms with Crippen LogP contribution in [0.1, 0.15) is 19.2 Å². The summed E-state index contributed by atoms with van der Waals surface area (Å²) in [6, 6.07) is 0. The molecular weight excluding hydrogens is 216 g/mol. The van der Waals surface area contributed by atoms with Crippen LogP contribution in [-0.2, 0) is 13.1 Å². The lowest BCUT2D eigenvalue weighted by Gasteiger charge is -2.32. The van der Waals surface area contributed by atoms with Crippen molar-refractivity contribution in [1.29, 1.82) is 0 Å². The Morgan fingerprint density at radius 1 is 1.53 bits per heavy atom. The number of aliphatic hydroxyl groups excluding tert-OH is 1. The first-order chi connectivity index (χ1) is 8.17. The molecule has 2 rings (SSSR count). The van der Waals surface area contributed by atoms with E-state index in [-0.39, 0.29) is 12.1 Å². The third kappa shape index (κ3) is 2.86. The van der Waals surface area contributed by atoms with Gasteiger partial charge < -0.3 is 15.0 Å². The molecule has 0 aromatic carbocycles. The molecule has 1 aliphatic rings. The maximum absolute atomic E-state index is 9.34. The summed E-state index contributed by atoms with van der Waals surface area (Å²) < 4.78 is 2.21. The van der Waals surface area contributed by atoms with E-state index in [0.29, 0.717) is 0 Å². The zero-order chi connectivity index (χ0) is 12.3. The summed E-state index contributed by atoms with van der Waals surface area (Å²) in [5.74, 6) is 1.14. The van der Waals surface area contributed by atoms with Gasteiger partial charge in [-0.25, -0.2) is 4.98 Å². The standard InChI is InChI=1S/C12H22N4O/c1-12(10-17,13-2)3-5-15-7-8-16-6-4-14-11(16)9-15/h4,6,13,17H,3,5,7-10H2,1-2H3. The van der Waals surface area contributed by atoms with Crippen molar-refractivity contribution >= 4 is 0 Å². The van der Waals surface area contributed by atoms with Crippen molar-refractivity contribution in [2.24, 2.45) is 0 Å². The molecule has 1 atom stereocenters. The molecule has 0 saturated carbocycles. The molecule has 0 aliphatic carbocycles. The number of aliphatic hydroxyl groups is 1. The van der Waals surface area contributed by atoms with Crippen molar-refractivity contribution in [2.75, 3.05) is 26.7 Å². The van der Waals surface area contributed by atoms with Crippen LogP contribution in [0.15, 0.2) is 12.4 Å². The van der Waals surface area contributed by atoms with Crippen LogP contribution in [0.25, 0.3) is 0 Å². The highest BCUT2D eigenvalue weighted by atomic mass is 16.3.